The maximum Gasteiger partial charge on any atom is 0.348 e. The van der Waals surface area contributed by atoms with Crippen molar-refractivity contribution in [2.75, 3.05) is 6.61 Å². The number of halogens is 2. The third-order valence-corrected chi connectivity index (χ3v) is 2.60. The van der Waals surface area contributed by atoms with E-state index >= 15 is 0 Å². The third-order valence-electron chi connectivity index (χ3n) is 1.87. The summed E-state index contributed by atoms with van der Waals surface area (Å²) in [6, 6.07) is 5.72. The highest BCUT2D eigenvalue weighted by atomic mass is 79.9. The van der Waals surface area contributed by atoms with Crippen LogP contribution >= 0.6 is 15.9 Å². The largest absolute Gasteiger partial charge is 0.462 e. The van der Waals surface area contributed by atoms with E-state index in [2.05, 4.69) is 15.9 Å². The van der Waals surface area contributed by atoms with Crippen molar-refractivity contribution in [3.8, 4) is 6.07 Å². The van der Waals surface area contributed by atoms with Gasteiger partial charge in [-0.2, -0.15) is 5.26 Å². The van der Waals surface area contributed by atoms with E-state index in [1.54, 1.807) is 13.0 Å². The Kier molecular flexibility index (Phi) is 4.85. The van der Waals surface area contributed by atoms with Crippen molar-refractivity contribution in [1.82, 2.24) is 0 Å². The monoisotopic (exact) mass is 297 g/mol. The summed E-state index contributed by atoms with van der Waals surface area (Å²) in [5.41, 5.74) is 0.243. The van der Waals surface area contributed by atoms with E-state index in [1.165, 1.54) is 24.3 Å². The highest BCUT2D eigenvalue weighted by Gasteiger charge is 2.11. The molecule has 0 radical (unpaired) electrons. The normalized spacial score (nSPS) is 10.8. The molecule has 0 aliphatic heterocycles. The van der Waals surface area contributed by atoms with Crippen LogP contribution in [0, 0.1) is 17.1 Å². The number of ether oxygens (including phenoxy) is 1. The first-order valence-electron chi connectivity index (χ1n) is 4.82. The Morgan fingerprint density at radius 1 is 1.65 bits per heavy atom. The van der Waals surface area contributed by atoms with E-state index in [9.17, 15) is 9.18 Å². The summed E-state index contributed by atoms with van der Waals surface area (Å²) >= 11 is 3.20. The zero-order chi connectivity index (χ0) is 12.8. The first kappa shape index (κ1) is 13.4. The van der Waals surface area contributed by atoms with Crippen LogP contribution in [-0.2, 0) is 9.53 Å². The van der Waals surface area contributed by atoms with Gasteiger partial charge in [0.05, 0.1) is 6.61 Å². The highest BCUT2D eigenvalue weighted by Crippen LogP contribution is 2.20. The van der Waals surface area contributed by atoms with E-state index in [4.69, 9.17) is 10.00 Å². The molecule has 0 N–H and O–H groups in total. The molecule has 0 aliphatic carbocycles. The second-order valence-electron chi connectivity index (χ2n) is 3.06. The van der Waals surface area contributed by atoms with Crippen LogP contribution in [0.1, 0.15) is 12.5 Å². The lowest BCUT2D eigenvalue weighted by Crippen LogP contribution is -2.06. The van der Waals surface area contributed by atoms with Crippen molar-refractivity contribution >= 4 is 28.0 Å². The predicted octanol–water partition coefficient (Wildman–Crippen LogP) is 3.06. The Hall–Kier alpha value is -1.67. The van der Waals surface area contributed by atoms with Crippen LogP contribution in [0.3, 0.4) is 0 Å². The maximum absolute atomic E-state index is 13.0. The number of esters is 1. The van der Waals surface area contributed by atoms with E-state index in [0.717, 1.165) is 0 Å². The van der Waals surface area contributed by atoms with E-state index < -0.39 is 11.8 Å². The molecule has 1 aromatic carbocycles. The predicted molar refractivity (Wildman–Crippen MR) is 64.3 cm³/mol. The number of carbonyl (C=O) groups excluding carboxylic acids is 1. The van der Waals surface area contributed by atoms with Gasteiger partial charge in [0.25, 0.3) is 0 Å². The fraction of sp³-hybridized carbons (Fsp3) is 0.167. The molecule has 0 saturated heterocycles. The summed E-state index contributed by atoms with van der Waals surface area (Å²) < 4.78 is 18.3. The lowest BCUT2D eigenvalue weighted by atomic mass is 10.1. The molecule has 0 fully saturated rings. The third kappa shape index (κ3) is 3.68. The number of nitrogens with zero attached hydrogens (tertiary/aromatic N) is 1. The fourth-order valence-electron chi connectivity index (χ4n) is 1.13. The maximum atomic E-state index is 13.0. The van der Waals surface area contributed by atoms with Gasteiger partial charge in [0.1, 0.15) is 17.5 Å². The second kappa shape index (κ2) is 6.16. The van der Waals surface area contributed by atoms with Gasteiger partial charge >= 0.3 is 5.97 Å². The summed E-state index contributed by atoms with van der Waals surface area (Å²) in [5.74, 6) is -1.16. The quantitative estimate of drug-likeness (QED) is 0.489. The van der Waals surface area contributed by atoms with Gasteiger partial charge in [0.15, 0.2) is 0 Å². The molecule has 88 valence electrons. The van der Waals surface area contributed by atoms with Crippen molar-refractivity contribution in [2.45, 2.75) is 6.92 Å². The molecule has 5 heteroatoms. The lowest BCUT2D eigenvalue weighted by Gasteiger charge is -2.01. The molecule has 3 nitrogen and oxygen atoms in total. The molecule has 0 saturated carbocycles. The molecular weight excluding hydrogens is 289 g/mol. The van der Waals surface area contributed by atoms with E-state index in [-0.39, 0.29) is 12.2 Å². The molecule has 17 heavy (non-hydrogen) atoms. The summed E-state index contributed by atoms with van der Waals surface area (Å²) in [4.78, 5) is 11.4. The molecule has 1 rings (SSSR count). The number of nitriles is 1. The van der Waals surface area contributed by atoms with Crippen molar-refractivity contribution in [3.63, 3.8) is 0 Å². The molecule has 0 unspecified atom stereocenters. The van der Waals surface area contributed by atoms with Crippen molar-refractivity contribution < 1.29 is 13.9 Å². The Labute approximate surface area is 107 Å². The average molecular weight is 298 g/mol. The summed E-state index contributed by atoms with van der Waals surface area (Å²) in [7, 11) is 0. The number of rotatable bonds is 3. The molecule has 0 bridgehead atoms. The van der Waals surface area contributed by atoms with Gasteiger partial charge in [-0.05, 0) is 36.8 Å². The first-order chi connectivity index (χ1) is 8.08. The number of hydrogen-bond acceptors (Lipinski definition) is 3. The smallest absolute Gasteiger partial charge is 0.348 e. The Balaban J connectivity index is 3.11. The summed E-state index contributed by atoms with van der Waals surface area (Å²) in [6.45, 7) is 1.83. The average Bonchev–Trinajstić information content (AvgIpc) is 2.30. The van der Waals surface area contributed by atoms with Gasteiger partial charge in [-0.1, -0.05) is 15.9 Å². The summed E-state index contributed by atoms with van der Waals surface area (Å²) in [6.07, 6.45) is 1.28. The van der Waals surface area contributed by atoms with Crippen LogP contribution < -0.4 is 0 Å². The van der Waals surface area contributed by atoms with Crippen molar-refractivity contribution in [2.24, 2.45) is 0 Å². The van der Waals surface area contributed by atoms with E-state index in [1.807, 2.05) is 0 Å². The number of carbonyl (C=O) groups is 1. The zero-order valence-electron chi connectivity index (χ0n) is 9.04. The van der Waals surface area contributed by atoms with Crippen LogP contribution in [0.5, 0.6) is 0 Å². The molecular formula is C12H9BrFNO2. The summed E-state index contributed by atoms with van der Waals surface area (Å²) in [5, 5.41) is 8.82. The van der Waals surface area contributed by atoms with Crippen LogP contribution in [0.15, 0.2) is 28.2 Å². The Morgan fingerprint density at radius 3 is 2.94 bits per heavy atom. The standard InChI is InChI=1S/C12H9BrFNO2/c1-2-17-12(16)9(7-15)5-8-6-10(14)3-4-11(8)13/h3-6H,2H2,1H3/b9-5+. The van der Waals surface area contributed by atoms with Gasteiger partial charge in [0.2, 0.25) is 0 Å². The zero-order valence-corrected chi connectivity index (χ0v) is 10.6. The van der Waals surface area contributed by atoms with E-state index in [0.29, 0.717) is 10.0 Å². The first-order valence-corrected chi connectivity index (χ1v) is 5.61. The molecule has 0 aliphatic rings. The number of benzene rings is 1. The number of hydrogen-bond donors (Lipinski definition) is 0. The minimum absolute atomic E-state index is 0.168. The lowest BCUT2D eigenvalue weighted by molar-refractivity contribution is -0.137. The fourth-order valence-corrected chi connectivity index (χ4v) is 1.49. The molecule has 0 atom stereocenters. The minimum atomic E-state index is -0.717. The minimum Gasteiger partial charge on any atom is -0.462 e. The van der Waals surface area contributed by atoms with Gasteiger partial charge in [-0.25, -0.2) is 9.18 Å². The van der Waals surface area contributed by atoms with Crippen LogP contribution in [0.25, 0.3) is 6.08 Å². The van der Waals surface area contributed by atoms with Gasteiger partial charge < -0.3 is 4.74 Å². The van der Waals surface area contributed by atoms with Crippen molar-refractivity contribution in [1.29, 1.82) is 5.26 Å². The van der Waals surface area contributed by atoms with Gasteiger partial charge in [-0.3, -0.25) is 0 Å². The van der Waals surface area contributed by atoms with Gasteiger partial charge in [0, 0.05) is 4.47 Å². The van der Waals surface area contributed by atoms with Crippen molar-refractivity contribution in [3.05, 3.63) is 39.6 Å². The van der Waals surface area contributed by atoms with Crippen LogP contribution in [0.2, 0.25) is 0 Å². The molecule has 1 aromatic rings. The van der Waals surface area contributed by atoms with Gasteiger partial charge in [-0.15, -0.1) is 0 Å². The molecule has 0 heterocycles. The molecule has 0 spiro atoms. The molecule has 0 amide bonds. The SMILES string of the molecule is CCOC(=O)/C(C#N)=C/c1cc(F)ccc1Br. The van der Waals surface area contributed by atoms with Crippen LogP contribution in [0.4, 0.5) is 4.39 Å². The molecule has 0 aromatic heterocycles. The van der Waals surface area contributed by atoms with Crippen LogP contribution in [-0.4, -0.2) is 12.6 Å². The highest BCUT2D eigenvalue weighted by molar-refractivity contribution is 9.10. The Morgan fingerprint density at radius 2 is 2.35 bits per heavy atom. The topological polar surface area (TPSA) is 50.1 Å². The Bertz CT molecular complexity index is 506. The second-order valence-corrected chi connectivity index (χ2v) is 3.91.